The van der Waals surface area contributed by atoms with Gasteiger partial charge in [-0.3, -0.25) is 0 Å². The number of unbranched alkanes of at least 4 members (excludes halogenated alkanes) is 2. The van der Waals surface area contributed by atoms with Crippen LogP contribution in [0.4, 0.5) is 0 Å². The Morgan fingerprint density at radius 2 is 1.96 bits per heavy atom. The van der Waals surface area contributed by atoms with Crippen molar-refractivity contribution in [2.75, 3.05) is 6.79 Å². The number of phenols is 1. The highest BCUT2D eigenvalue weighted by Crippen LogP contribution is 2.38. The van der Waals surface area contributed by atoms with Crippen LogP contribution in [0, 0.1) is 0 Å². The molecule has 1 aromatic rings. The fourth-order valence-corrected chi connectivity index (χ4v) is 3.26. The summed E-state index contributed by atoms with van der Waals surface area (Å²) in [5.74, 6) is 0.336. The van der Waals surface area contributed by atoms with Crippen molar-refractivity contribution in [1.82, 2.24) is 0 Å². The molecule has 1 heterocycles. The molecule has 0 spiro atoms. The summed E-state index contributed by atoms with van der Waals surface area (Å²) >= 11 is 0. The van der Waals surface area contributed by atoms with Gasteiger partial charge >= 0.3 is 5.97 Å². The normalized spacial score (nSPS) is 13.6. The van der Waals surface area contributed by atoms with Gasteiger partial charge in [0.15, 0.2) is 0 Å². The predicted molar refractivity (Wildman–Crippen MR) is 108 cm³/mol. The fraction of sp³-hybridized carbons (Fsp3) is 0.522. The van der Waals surface area contributed by atoms with Gasteiger partial charge in [0, 0.05) is 5.56 Å². The summed E-state index contributed by atoms with van der Waals surface area (Å²) < 4.78 is 10.7. The molecule has 0 saturated carbocycles. The molecule has 4 heteroatoms. The van der Waals surface area contributed by atoms with Gasteiger partial charge in [0.25, 0.3) is 0 Å². The number of allylic oxidation sites excluding steroid dienone is 4. The maximum Gasteiger partial charge on any atom is 0.345 e. The molecule has 0 fully saturated rings. The molecule has 0 aliphatic carbocycles. The zero-order chi connectivity index (χ0) is 19.8. The quantitative estimate of drug-likeness (QED) is 0.335. The number of ether oxygens (including phenoxy) is 2. The summed E-state index contributed by atoms with van der Waals surface area (Å²) in [6.45, 7) is 8.33. The first-order valence-electron chi connectivity index (χ1n) is 9.90. The molecule has 1 aliphatic rings. The molecule has 2 rings (SSSR count). The van der Waals surface area contributed by atoms with E-state index in [2.05, 4.69) is 39.8 Å². The van der Waals surface area contributed by atoms with Crippen molar-refractivity contribution in [3.05, 3.63) is 46.1 Å². The largest absolute Gasteiger partial charge is 0.508 e. The van der Waals surface area contributed by atoms with Crippen LogP contribution >= 0.6 is 0 Å². The highest BCUT2D eigenvalue weighted by atomic mass is 16.7. The third kappa shape index (κ3) is 5.88. The second-order valence-corrected chi connectivity index (χ2v) is 7.46. The lowest BCUT2D eigenvalue weighted by Gasteiger charge is -2.23. The van der Waals surface area contributed by atoms with Crippen LogP contribution in [0.2, 0.25) is 0 Å². The van der Waals surface area contributed by atoms with Crippen molar-refractivity contribution in [1.29, 1.82) is 0 Å². The Morgan fingerprint density at radius 3 is 2.67 bits per heavy atom. The number of phenolic OH excluding ortho intramolecular Hbond substituents is 1. The van der Waals surface area contributed by atoms with Crippen molar-refractivity contribution in [2.45, 2.75) is 72.6 Å². The Labute approximate surface area is 162 Å². The number of fused-ring (bicyclic) bond motifs is 1. The summed E-state index contributed by atoms with van der Waals surface area (Å²) in [4.78, 5) is 12.3. The van der Waals surface area contributed by atoms with E-state index in [-0.39, 0.29) is 18.5 Å². The number of aryl methyl sites for hydroxylation is 1. The van der Waals surface area contributed by atoms with Gasteiger partial charge in [-0.25, -0.2) is 4.79 Å². The highest BCUT2D eigenvalue weighted by molar-refractivity contribution is 5.96. The van der Waals surface area contributed by atoms with E-state index < -0.39 is 0 Å². The number of benzene rings is 1. The van der Waals surface area contributed by atoms with Gasteiger partial charge in [0.1, 0.15) is 17.1 Å². The van der Waals surface area contributed by atoms with Crippen LogP contribution in [-0.4, -0.2) is 17.9 Å². The Morgan fingerprint density at radius 1 is 1.19 bits per heavy atom. The van der Waals surface area contributed by atoms with Crippen LogP contribution in [0.3, 0.4) is 0 Å². The van der Waals surface area contributed by atoms with Crippen molar-refractivity contribution < 1.29 is 19.4 Å². The van der Waals surface area contributed by atoms with Crippen LogP contribution in [0.15, 0.2) is 29.4 Å². The topological polar surface area (TPSA) is 55.8 Å². The maximum absolute atomic E-state index is 12.3. The molecule has 1 aromatic carbocycles. The van der Waals surface area contributed by atoms with Crippen molar-refractivity contribution in [3.63, 3.8) is 0 Å². The lowest BCUT2D eigenvalue weighted by Crippen LogP contribution is -2.21. The number of rotatable bonds is 9. The van der Waals surface area contributed by atoms with E-state index in [1.165, 1.54) is 11.1 Å². The number of esters is 1. The molecule has 148 valence electrons. The molecule has 0 unspecified atom stereocenters. The molecule has 0 saturated heterocycles. The van der Waals surface area contributed by atoms with Gasteiger partial charge in [-0.15, -0.1) is 0 Å². The molecule has 0 aromatic heterocycles. The van der Waals surface area contributed by atoms with E-state index in [4.69, 9.17) is 9.47 Å². The molecule has 27 heavy (non-hydrogen) atoms. The molecule has 0 bridgehead atoms. The summed E-state index contributed by atoms with van der Waals surface area (Å²) in [5.41, 5.74) is 4.54. The summed E-state index contributed by atoms with van der Waals surface area (Å²) in [7, 11) is 0. The monoisotopic (exact) mass is 372 g/mol. The zero-order valence-corrected chi connectivity index (χ0v) is 17.1. The van der Waals surface area contributed by atoms with Gasteiger partial charge in [0.05, 0.1) is 0 Å². The Kier molecular flexibility index (Phi) is 7.96. The van der Waals surface area contributed by atoms with E-state index in [1.807, 2.05) is 0 Å². The lowest BCUT2D eigenvalue weighted by molar-refractivity contribution is 0.00424. The van der Waals surface area contributed by atoms with Crippen LogP contribution in [-0.2, 0) is 17.6 Å². The van der Waals surface area contributed by atoms with E-state index in [9.17, 15) is 9.90 Å². The molecule has 0 radical (unpaired) electrons. The average Bonchev–Trinajstić information content (AvgIpc) is 2.61. The van der Waals surface area contributed by atoms with Gasteiger partial charge in [-0.05, 0) is 64.5 Å². The SMILES string of the molecule is CCCCCc1cc(O)c(CC=C(C)CCC=C(C)C)c2c1C(=O)OCO2. The lowest BCUT2D eigenvalue weighted by atomic mass is 9.94. The molecule has 1 aliphatic heterocycles. The van der Waals surface area contributed by atoms with Crippen LogP contribution in [0.25, 0.3) is 0 Å². The van der Waals surface area contributed by atoms with Crippen molar-refractivity contribution in [2.24, 2.45) is 0 Å². The summed E-state index contributed by atoms with van der Waals surface area (Å²) in [5, 5.41) is 10.6. The minimum Gasteiger partial charge on any atom is -0.508 e. The zero-order valence-electron chi connectivity index (χ0n) is 17.1. The minimum atomic E-state index is -0.353. The third-order valence-electron chi connectivity index (χ3n) is 4.84. The molecule has 4 nitrogen and oxygen atoms in total. The first kappa shape index (κ1) is 21.1. The number of hydrogen-bond donors (Lipinski definition) is 1. The minimum absolute atomic E-state index is 0.0973. The molecule has 1 N–H and O–H groups in total. The second kappa shape index (κ2) is 10.2. The van der Waals surface area contributed by atoms with E-state index in [0.29, 0.717) is 23.3 Å². The third-order valence-corrected chi connectivity index (χ3v) is 4.84. The van der Waals surface area contributed by atoms with E-state index in [1.54, 1.807) is 6.07 Å². The maximum atomic E-state index is 12.3. The number of cyclic esters (lactones) is 1. The molecular formula is C23H32O4. The Balaban J connectivity index is 2.25. The van der Waals surface area contributed by atoms with Crippen molar-refractivity contribution in [3.8, 4) is 11.5 Å². The first-order chi connectivity index (χ1) is 12.9. The van der Waals surface area contributed by atoms with Crippen LogP contribution in [0.5, 0.6) is 11.5 Å². The van der Waals surface area contributed by atoms with E-state index in [0.717, 1.165) is 44.1 Å². The van der Waals surface area contributed by atoms with Crippen LogP contribution < -0.4 is 4.74 Å². The highest BCUT2D eigenvalue weighted by Gasteiger charge is 2.28. The first-order valence-corrected chi connectivity index (χ1v) is 9.90. The molecule has 0 amide bonds. The summed E-state index contributed by atoms with van der Waals surface area (Å²) in [6, 6.07) is 1.71. The Hall–Kier alpha value is -2.23. The number of carbonyl (C=O) groups excluding carboxylic acids is 1. The van der Waals surface area contributed by atoms with Crippen molar-refractivity contribution >= 4 is 5.97 Å². The standard InChI is InChI=1S/C23H32O4/c1-5-6-7-11-18-14-20(24)19(22-21(18)23(25)27-15-26-22)13-12-17(4)10-8-9-16(2)3/h9,12,14,24H,5-8,10-11,13,15H2,1-4H3. The smallest absolute Gasteiger partial charge is 0.345 e. The molecule has 0 atom stereocenters. The number of carbonyl (C=O) groups is 1. The molecular weight excluding hydrogens is 340 g/mol. The van der Waals surface area contributed by atoms with Gasteiger partial charge < -0.3 is 14.6 Å². The van der Waals surface area contributed by atoms with E-state index >= 15 is 0 Å². The average molecular weight is 373 g/mol. The summed E-state index contributed by atoms with van der Waals surface area (Å²) in [6.07, 6.45) is 10.7. The predicted octanol–water partition coefficient (Wildman–Crippen LogP) is 5.87. The van der Waals surface area contributed by atoms with Gasteiger partial charge in [-0.2, -0.15) is 0 Å². The van der Waals surface area contributed by atoms with Gasteiger partial charge in [0.2, 0.25) is 6.79 Å². The Bertz CT molecular complexity index is 724. The second-order valence-electron chi connectivity index (χ2n) is 7.46. The number of hydrogen-bond acceptors (Lipinski definition) is 4. The van der Waals surface area contributed by atoms with Crippen LogP contribution in [0.1, 0.15) is 81.3 Å². The fourth-order valence-electron chi connectivity index (χ4n) is 3.26. The van der Waals surface area contributed by atoms with Gasteiger partial charge in [-0.1, -0.05) is 43.1 Å². The number of aromatic hydroxyl groups is 1.